The van der Waals surface area contributed by atoms with Gasteiger partial charge in [-0.05, 0) is 12.1 Å². The van der Waals surface area contributed by atoms with Crippen molar-refractivity contribution in [2.24, 2.45) is 0 Å². The molecule has 0 atom stereocenters. The number of benzene rings is 2. The molecule has 0 spiro atoms. The van der Waals surface area contributed by atoms with Gasteiger partial charge in [-0.3, -0.25) is 4.72 Å². The van der Waals surface area contributed by atoms with E-state index < -0.39 is 10.0 Å². The van der Waals surface area contributed by atoms with Crippen molar-refractivity contribution in [2.45, 2.75) is 4.90 Å². The standard InChI is InChI=1S/C17H16N2O4S2/c1-22-15-9-8-13(10-16(15)23-2)25(20,21)19-17-18-14(11-24-17)12-6-4-3-5-7-12/h3-11H,1-2H3,(H,18,19). The molecule has 0 aliphatic heterocycles. The average molecular weight is 376 g/mol. The van der Waals surface area contributed by atoms with Crippen molar-refractivity contribution in [2.75, 3.05) is 18.9 Å². The Hall–Kier alpha value is -2.58. The lowest BCUT2D eigenvalue weighted by Crippen LogP contribution is -2.13. The van der Waals surface area contributed by atoms with Gasteiger partial charge in [0, 0.05) is 17.0 Å². The molecule has 1 N–H and O–H groups in total. The molecule has 0 saturated heterocycles. The molecule has 0 radical (unpaired) electrons. The van der Waals surface area contributed by atoms with Crippen LogP contribution in [0.1, 0.15) is 0 Å². The van der Waals surface area contributed by atoms with Crippen LogP contribution in [0.3, 0.4) is 0 Å². The first kappa shape index (κ1) is 17.2. The minimum Gasteiger partial charge on any atom is -0.493 e. The van der Waals surface area contributed by atoms with Gasteiger partial charge in [0.15, 0.2) is 16.6 Å². The van der Waals surface area contributed by atoms with Crippen molar-refractivity contribution in [1.29, 1.82) is 0 Å². The van der Waals surface area contributed by atoms with Crippen LogP contribution in [-0.2, 0) is 10.0 Å². The van der Waals surface area contributed by atoms with Crippen LogP contribution in [-0.4, -0.2) is 27.6 Å². The second kappa shape index (κ2) is 7.12. The molecule has 1 heterocycles. The zero-order chi connectivity index (χ0) is 17.9. The van der Waals surface area contributed by atoms with Crippen molar-refractivity contribution in [3.05, 3.63) is 53.9 Å². The van der Waals surface area contributed by atoms with Gasteiger partial charge in [-0.25, -0.2) is 13.4 Å². The van der Waals surface area contributed by atoms with Crippen molar-refractivity contribution in [3.8, 4) is 22.8 Å². The van der Waals surface area contributed by atoms with E-state index in [9.17, 15) is 8.42 Å². The molecule has 0 unspecified atom stereocenters. The number of methoxy groups -OCH3 is 2. The Labute approximate surface area is 150 Å². The van der Waals surface area contributed by atoms with Crippen LogP contribution in [0.4, 0.5) is 5.13 Å². The number of ether oxygens (including phenoxy) is 2. The van der Waals surface area contributed by atoms with Gasteiger partial charge in [0.1, 0.15) is 0 Å². The third-order valence-corrected chi connectivity index (χ3v) is 5.68. The Kier molecular flexibility index (Phi) is 4.91. The van der Waals surface area contributed by atoms with E-state index >= 15 is 0 Å². The summed E-state index contributed by atoms with van der Waals surface area (Å²) >= 11 is 1.23. The molecule has 1 aromatic heterocycles. The molecule has 0 bridgehead atoms. The topological polar surface area (TPSA) is 77.5 Å². The number of anilines is 1. The lowest BCUT2D eigenvalue weighted by molar-refractivity contribution is 0.354. The number of hydrogen-bond acceptors (Lipinski definition) is 6. The maximum atomic E-state index is 12.6. The van der Waals surface area contributed by atoms with Gasteiger partial charge in [-0.2, -0.15) is 0 Å². The van der Waals surface area contributed by atoms with Gasteiger partial charge < -0.3 is 9.47 Å². The van der Waals surface area contributed by atoms with E-state index in [-0.39, 0.29) is 4.90 Å². The summed E-state index contributed by atoms with van der Waals surface area (Å²) in [5.74, 6) is 0.802. The van der Waals surface area contributed by atoms with Crippen LogP contribution >= 0.6 is 11.3 Å². The molecule has 0 aliphatic carbocycles. The van der Waals surface area contributed by atoms with Crippen molar-refractivity contribution < 1.29 is 17.9 Å². The van der Waals surface area contributed by atoms with Crippen molar-refractivity contribution >= 4 is 26.5 Å². The van der Waals surface area contributed by atoms with E-state index in [2.05, 4.69) is 9.71 Å². The molecular weight excluding hydrogens is 360 g/mol. The van der Waals surface area contributed by atoms with Gasteiger partial charge in [-0.1, -0.05) is 30.3 Å². The Morgan fingerprint density at radius 3 is 2.40 bits per heavy atom. The summed E-state index contributed by atoms with van der Waals surface area (Å²) < 4.78 is 37.9. The lowest BCUT2D eigenvalue weighted by Gasteiger charge is -2.10. The fourth-order valence-electron chi connectivity index (χ4n) is 2.22. The SMILES string of the molecule is COc1ccc(S(=O)(=O)Nc2nc(-c3ccccc3)cs2)cc1OC. The fourth-order valence-corrected chi connectivity index (χ4v) is 4.21. The lowest BCUT2D eigenvalue weighted by atomic mass is 10.2. The Bertz CT molecular complexity index is 969. The van der Waals surface area contributed by atoms with Crippen LogP contribution in [0.25, 0.3) is 11.3 Å². The molecule has 6 nitrogen and oxygen atoms in total. The minimum atomic E-state index is -3.78. The number of sulfonamides is 1. The first-order chi connectivity index (χ1) is 12.0. The van der Waals surface area contributed by atoms with Crippen LogP contribution in [0.5, 0.6) is 11.5 Å². The Morgan fingerprint density at radius 2 is 1.72 bits per heavy atom. The molecule has 3 rings (SSSR count). The summed E-state index contributed by atoms with van der Waals surface area (Å²) in [7, 11) is -0.833. The zero-order valence-electron chi connectivity index (χ0n) is 13.6. The highest BCUT2D eigenvalue weighted by molar-refractivity contribution is 7.93. The van der Waals surface area contributed by atoms with Gasteiger partial charge in [0.05, 0.1) is 24.8 Å². The van der Waals surface area contributed by atoms with Gasteiger partial charge >= 0.3 is 0 Å². The van der Waals surface area contributed by atoms with E-state index in [0.717, 1.165) is 11.3 Å². The first-order valence-electron chi connectivity index (χ1n) is 7.29. The van der Waals surface area contributed by atoms with E-state index in [4.69, 9.17) is 9.47 Å². The molecule has 25 heavy (non-hydrogen) atoms. The predicted octanol–water partition coefficient (Wildman–Crippen LogP) is 3.63. The quantitative estimate of drug-likeness (QED) is 0.711. The van der Waals surface area contributed by atoms with Crippen LogP contribution in [0, 0.1) is 0 Å². The highest BCUT2D eigenvalue weighted by atomic mass is 32.2. The predicted molar refractivity (Wildman–Crippen MR) is 97.9 cm³/mol. The Morgan fingerprint density at radius 1 is 1.00 bits per heavy atom. The van der Waals surface area contributed by atoms with E-state index in [0.29, 0.717) is 16.6 Å². The number of aromatic nitrogens is 1. The van der Waals surface area contributed by atoms with Crippen LogP contribution in [0.2, 0.25) is 0 Å². The second-order valence-corrected chi connectivity index (χ2v) is 7.57. The summed E-state index contributed by atoms with van der Waals surface area (Å²) in [6, 6.07) is 14.0. The molecule has 8 heteroatoms. The smallest absolute Gasteiger partial charge is 0.263 e. The summed E-state index contributed by atoms with van der Waals surface area (Å²) in [5, 5.41) is 2.11. The molecule has 0 aliphatic rings. The van der Waals surface area contributed by atoms with E-state index in [1.165, 1.54) is 37.7 Å². The zero-order valence-corrected chi connectivity index (χ0v) is 15.2. The minimum absolute atomic E-state index is 0.0709. The first-order valence-corrected chi connectivity index (χ1v) is 9.65. The maximum absolute atomic E-state index is 12.6. The normalized spacial score (nSPS) is 11.1. The maximum Gasteiger partial charge on any atom is 0.263 e. The van der Waals surface area contributed by atoms with Crippen molar-refractivity contribution in [1.82, 2.24) is 4.98 Å². The van der Waals surface area contributed by atoms with Crippen molar-refractivity contribution in [3.63, 3.8) is 0 Å². The highest BCUT2D eigenvalue weighted by Crippen LogP contribution is 2.31. The number of nitrogens with one attached hydrogen (secondary N) is 1. The highest BCUT2D eigenvalue weighted by Gasteiger charge is 2.19. The summed E-state index contributed by atoms with van der Waals surface area (Å²) in [6.07, 6.45) is 0. The summed E-state index contributed by atoms with van der Waals surface area (Å²) in [4.78, 5) is 4.41. The summed E-state index contributed by atoms with van der Waals surface area (Å²) in [6.45, 7) is 0. The van der Waals surface area contributed by atoms with Gasteiger partial charge in [0.2, 0.25) is 0 Å². The van der Waals surface area contributed by atoms with E-state index in [1.807, 2.05) is 35.7 Å². The van der Waals surface area contributed by atoms with E-state index in [1.54, 1.807) is 6.07 Å². The van der Waals surface area contributed by atoms with Crippen LogP contribution in [0.15, 0.2) is 58.8 Å². The molecule has 0 fully saturated rings. The molecule has 0 saturated carbocycles. The van der Waals surface area contributed by atoms with Gasteiger partial charge in [0.25, 0.3) is 10.0 Å². The largest absolute Gasteiger partial charge is 0.493 e. The number of rotatable bonds is 6. The van der Waals surface area contributed by atoms with Crippen LogP contribution < -0.4 is 14.2 Å². The third-order valence-electron chi connectivity index (χ3n) is 3.46. The molecule has 130 valence electrons. The fraction of sp³-hybridized carbons (Fsp3) is 0.118. The monoisotopic (exact) mass is 376 g/mol. The Balaban J connectivity index is 1.86. The number of hydrogen-bond donors (Lipinski definition) is 1. The molecule has 2 aromatic carbocycles. The molecule has 3 aromatic rings. The number of nitrogens with zero attached hydrogens (tertiary/aromatic N) is 1. The second-order valence-electron chi connectivity index (χ2n) is 5.03. The average Bonchev–Trinajstić information content (AvgIpc) is 3.09. The third kappa shape index (κ3) is 3.75. The van der Waals surface area contributed by atoms with Gasteiger partial charge in [-0.15, -0.1) is 11.3 Å². The molecule has 0 amide bonds. The summed E-state index contributed by atoms with van der Waals surface area (Å²) in [5.41, 5.74) is 1.64. The number of thiazole rings is 1. The molecular formula is C17H16N2O4S2.